The molecule has 0 unspecified atom stereocenters. The molecule has 2 N–H and O–H groups in total. The van der Waals surface area contributed by atoms with Crippen molar-refractivity contribution in [1.29, 1.82) is 0 Å². The third kappa shape index (κ3) is 3.14. The third-order valence-electron chi connectivity index (χ3n) is 3.53. The molecule has 23 heavy (non-hydrogen) atoms. The zero-order valence-electron chi connectivity index (χ0n) is 12.4. The van der Waals surface area contributed by atoms with Crippen LogP contribution in [-0.2, 0) is 31.2 Å². The molecule has 1 aromatic carbocycles. The molecule has 1 aliphatic rings. The molecular formula is C13H16N2O7S. The van der Waals surface area contributed by atoms with Gasteiger partial charge in [-0.15, -0.1) is 0 Å². The molecule has 1 aliphatic heterocycles. The lowest BCUT2D eigenvalue weighted by Crippen LogP contribution is -2.80. The number of carbonyl (C=O) groups excluding carboxylic acids is 2. The van der Waals surface area contributed by atoms with E-state index < -0.39 is 34.1 Å². The van der Waals surface area contributed by atoms with Gasteiger partial charge >= 0.3 is 16.4 Å². The van der Waals surface area contributed by atoms with Crippen LogP contribution in [0.5, 0.6) is 0 Å². The van der Waals surface area contributed by atoms with Crippen LogP contribution in [0, 0.1) is 0 Å². The molecule has 10 heteroatoms. The maximum absolute atomic E-state index is 12.0. The van der Waals surface area contributed by atoms with E-state index in [1.54, 1.807) is 24.3 Å². The Kier molecular flexibility index (Phi) is 4.59. The van der Waals surface area contributed by atoms with Gasteiger partial charge in [-0.25, -0.2) is 9.10 Å². The van der Waals surface area contributed by atoms with Crippen LogP contribution in [0.25, 0.3) is 0 Å². The van der Waals surface area contributed by atoms with Gasteiger partial charge in [0, 0.05) is 7.11 Å². The van der Waals surface area contributed by atoms with Gasteiger partial charge in [0.1, 0.15) is 12.6 Å². The minimum atomic E-state index is -4.72. The first-order valence-corrected chi connectivity index (χ1v) is 7.97. The predicted octanol–water partition coefficient (Wildman–Crippen LogP) is 0.289. The highest BCUT2D eigenvalue weighted by molar-refractivity contribution is 7.84. The smallest absolute Gasteiger partial charge is 0.410 e. The van der Waals surface area contributed by atoms with Gasteiger partial charge in [-0.2, -0.15) is 8.42 Å². The molecular weight excluding hydrogens is 328 g/mol. The van der Waals surface area contributed by atoms with Crippen molar-refractivity contribution >= 4 is 22.3 Å². The Bertz CT molecular complexity index is 706. The summed E-state index contributed by atoms with van der Waals surface area (Å²) >= 11 is 0. The zero-order chi connectivity index (χ0) is 17.3. The summed E-state index contributed by atoms with van der Waals surface area (Å²) in [4.78, 5) is 23.8. The van der Waals surface area contributed by atoms with Crippen molar-refractivity contribution in [3.05, 3.63) is 35.9 Å². The van der Waals surface area contributed by atoms with Crippen molar-refractivity contribution in [2.45, 2.75) is 25.3 Å². The third-order valence-corrected chi connectivity index (χ3v) is 4.51. The summed E-state index contributed by atoms with van der Waals surface area (Å²) in [6, 6.07) is 7.72. The molecule has 0 bridgehead atoms. The van der Waals surface area contributed by atoms with Gasteiger partial charge in [0.05, 0.1) is 0 Å². The molecule has 1 aromatic rings. The van der Waals surface area contributed by atoms with Crippen molar-refractivity contribution in [3.8, 4) is 0 Å². The van der Waals surface area contributed by atoms with Crippen LogP contribution in [0.15, 0.2) is 30.3 Å². The summed E-state index contributed by atoms with van der Waals surface area (Å²) in [5, 5.41) is 2.20. The number of hydrogen-bond donors (Lipinski definition) is 2. The topological polar surface area (TPSA) is 122 Å². The van der Waals surface area contributed by atoms with E-state index in [0.29, 0.717) is 0 Å². The Morgan fingerprint density at radius 1 is 1.39 bits per heavy atom. The van der Waals surface area contributed by atoms with E-state index in [1.807, 2.05) is 6.07 Å². The summed E-state index contributed by atoms with van der Waals surface area (Å²) in [6.45, 7) is 1.27. The Balaban J connectivity index is 2.02. The maximum atomic E-state index is 12.0. The quantitative estimate of drug-likeness (QED) is 0.447. The van der Waals surface area contributed by atoms with E-state index in [2.05, 4.69) is 5.32 Å². The molecule has 1 heterocycles. The lowest BCUT2D eigenvalue weighted by molar-refractivity contribution is -0.189. The van der Waals surface area contributed by atoms with Crippen molar-refractivity contribution in [1.82, 2.24) is 9.62 Å². The second-order valence-corrected chi connectivity index (χ2v) is 6.17. The summed E-state index contributed by atoms with van der Waals surface area (Å²) < 4.78 is 41.3. The van der Waals surface area contributed by atoms with Crippen LogP contribution < -0.4 is 5.32 Å². The molecule has 0 spiro atoms. The van der Waals surface area contributed by atoms with E-state index in [0.717, 1.165) is 12.7 Å². The maximum Gasteiger partial charge on any atom is 0.410 e. The highest BCUT2D eigenvalue weighted by atomic mass is 32.2. The number of alkyl carbamates (subject to hydrolysis) is 1. The van der Waals surface area contributed by atoms with Crippen LogP contribution in [-0.4, -0.2) is 48.2 Å². The highest BCUT2D eigenvalue weighted by Crippen LogP contribution is 2.33. The SMILES string of the molecule is CO[C@]1(NC(=O)OCc2ccccc2)C(=O)N(S(=O)(=O)O)[C@@H]1C. The average molecular weight is 344 g/mol. The van der Waals surface area contributed by atoms with Crippen molar-refractivity contribution < 1.29 is 32.0 Å². The second kappa shape index (κ2) is 6.14. The normalized spacial score (nSPS) is 24.0. The molecule has 2 rings (SSSR count). The minimum Gasteiger partial charge on any atom is -0.445 e. The first kappa shape index (κ1) is 17.2. The number of β-lactam (4-membered cyclic amide) rings is 1. The monoisotopic (exact) mass is 344 g/mol. The van der Waals surface area contributed by atoms with Crippen molar-refractivity contribution in [3.63, 3.8) is 0 Å². The van der Waals surface area contributed by atoms with Gasteiger partial charge in [0.25, 0.3) is 5.91 Å². The van der Waals surface area contributed by atoms with Crippen LogP contribution in [0.1, 0.15) is 12.5 Å². The van der Waals surface area contributed by atoms with Crippen molar-refractivity contribution in [2.75, 3.05) is 7.11 Å². The fraction of sp³-hybridized carbons (Fsp3) is 0.385. The first-order valence-electron chi connectivity index (χ1n) is 6.57. The van der Waals surface area contributed by atoms with Gasteiger partial charge < -0.3 is 9.47 Å². The van der Waals surface area contributed by atoms with Crippen molar-refractivity contribution in [2.24, 2.45) is 0 Å². The molecule has 9 nitrogen and oxygen atoms in total. The zero-order valence-corrected chi connectivity index (χ0v) is 13.2. The van der Waals surface area contributed by atoms with Crippen LogP contribution >= 0.6 is 0 Å². The van der Waals surface area contributed by atoms with Crippen LogP contribution in [0.4, 0.5) is 4.79 Å². The standard InChI is InChI=1S/C13H16N2O7S/c1-9-13(21-2,11(16)15(9)23(18,19)20)14-12(17)22-8-10-6-4-3-5-7-10/h3-7,9H,8H2,1-2H3,(H,14,17)(H,18,19,20)/t9-,13+/m1/s1. The Morgan fingerprint density at radius 3 is 2.48 bits per heavy atom. The second-order valence-electron chi connectivity index (χ2n) is 4.88. The number of benzene rings is 1. The Morgan fingerprint density at radius 2 is 2.00 bits per heavy atom. The van der Waals surface area contributed by atoms with E-state index >= 15 is 0 Å². The number of rotatable bonds is 5. The molecule has 0 aromatic heterocycles. The van der Waals surface area contributed by atoms with Crippen LogP contribution in [0.2, 0.25) is 0 Å². The number of carbonyl (C=O) groups is 2. The van der Waals surface area contributed by atoms with Gasteiger partial charge in [-0.3, -0.25) is 14.7 Å². The van der Waals surface area contributed by atoms with Gasteiger partial charge in [0.2, 0.25) is 5.72 Å². The average Bonchev–Trinajstić information content (AvgIpc) is 2.50. The fourth-order valence-corrected chi connectivity index (χ4v) is 3.19. The van der Waals surface area contributed by atoms with Crippen LogP contribution in [0.3, 0.4) is 0 Å². The van der Waals surface area contributed by atoms with E-state index in [1.165, 1.54) is 6.92 Å². The number of hydrogen-bond acceptors (Lipinski definition) is 6. The molecule has 0 saturated carbocycles. The predicted molar refractivity (Wildman–Crippen MR) is 77.4 cm³/mol. The Labute approximate surface area is 133 Å². The molecule has 126 valence electrons. The molecule has 0 aliphatic carbocycles. The fourth-order valence-electron chi connectivity index (χ4n) is 2.30. The van der Waals surface area contributed by atoms with E-state index in [9.17, 15) is 18.0 Å². The summed E-state index contributed by atoms with van der Waals surface area (Å²) in [6.07, 6.45) is -0.953. The lowest BCUT2D eigenvalue weighted by Gasteiger charge is -2.50. The van der Waals surface area contributed by atoms with E-state index in [-0.39, 0.29) is 10.9 Å². The van der Waals surface area contributed by atoms with Gasteiger partial charge in [0.15, 0.2) is 0 Å². The summed E-state index contributed by atoms with van der Waals surface area (Å²) in [5.41, 5.74) is -1.16. The number of ether oxygens (including phenoxy) is 2. The first-order chi connectivity index (χ1) is 10.7. The van der Waals surface area contributed by atoms with E-state index in [4.69, 9.17) is 14.0 Å². The molecule has 1 saturated heterocycles. The minimum absolute atomic E-state index is 0.0307. The number of nitrogens with one attached hydrogen (secondary N) is 1. The largest absolute Gasteiger partial charge is 0.445 e. The molecule has 1 fully saturated rings. The number of methoxy groups -OCH3 is 1. The lowest BCUT2D eigenvalue weighted by atomic mass is 9.95. The summed E-state index contributed by atoms with van der Waals surface area (Å²) in [5.74, 6) is -1.10. The van der Waals surface area contributed by atoms with Gasteiger partial charge in [-0.1, -0.05) is 30.3 Å². The highest BCUT2D eigenvalue weighted by Gasteiger charge is 2.65. The summed E-state index contributed by atoms with van der Waals surface area (Å²) in [7, 11) is -3.59. The molecule has 2 amide bonds. The van der Waals surface area contributed by atoms with Gasteiger partial charge in [-0.05, 0) is 12.5 Å². The Hall–Kier alpha value is -2.17. The number of amides is 2. The molecule has 0 radical (unpaired) electrons. The molecule has 2 atom stereocenters. The number of nitrogens with zero attached hydrogens (tertiary/aromatic N) is 1.